The number of benzene rings is 2. The Hall–Kier alpha value is -1.87. The molecule has 2 nitrogen and oxygen atoms in total. The van der Waals surface area contributed by atoms with Gasteiger partial charge in [0.1, 0.15) is 0 Å². The summed E-state index contributed by atoms with van der Waals surface area (Å²) < 4.78 is 1.07. The van der Waals surface area contributed by atoms with Crippen molar-refractivity contribution >= 4 is 27.4 Å². The Bertz CT molecular complexity index is 704. The first-order valence-electron chi connectivity index (χ1n) is 6.78. The zero-order valence-corrected chi connectivity index (χ0v) is 14.0. The van der Waals surface area contributed by atoms with Gasteiger partial charge in [0.15, 0.2) is 5.78 Å². The fraction of sp³-hybridized carbons (Fsp3) is 0.167. The third-order valence-electron chi connectivity index (χ3n) is 3.43. The van der Waals surface area contributed by atoms with Crippen LogP contribution in [0.4, 0.5) is 5.69 Å². The first-order chi connectivity index (χ1) is 9.97. The number of hydrogen-bond donors (Lipinski definition) is 1. The molecule has 0 amide bonds. The van der Waals surface area contributed by atoms with Gasteiger partial charge in [0.25, 0.3) is 0 Å². The van der Waals surface area contributed by atoms with E-state index in [2.05, 4.69) is 21.2 Å². The van der Waals surface area contributed by atoms with E-state index in [1.807, 2.05) is 57.2 Å². The van der Waals surface area contributed by atoms with Gasteiger partial charge in [0.05, 0.1) is 0 Å². The maximum atomic E-state index is 12.1. The largest absolute Gasteiger partial charge is 0.362 e. The molecule has 108 valence electrons. The molecule has 3 heteroatoms. The first-order valence-corrected chi connectivity index (χ1v) is 7.57. The van der Waals surface area contributed by atoms with Crippen LogP contribution in [-0.2, 0) is 0 Å². The average molecular weight is 344 g/mol. The van der Waals surface area contributed by atoms with Crippen LogP contribution < -0.4 is 5.32 Å². The Balaban J connectivity index is 2.04. The van der Waals surface area contributed by atoms with Crippen LogP contribution in [0.15, 0.2) is 53.1 Å². The predicted octanol–water partition coefficient (Wildman–Crippen LogP) is 5.18. The van der Waals surface area contributed by atoms with Gasteiger partial charge in [-0.25, -0.2) is 0 Å². The molecule has 0 atom stereocenters. The number of halogens is 1. The number of aryl methyl sites for hydroxylation is 3. The van der Waals surface area contributed by atoms with Gasteiger partial charge in [0.2, 0.25) is 0 Å². The van der Waals surface area contributed by atoms with Crippen LogP contribution in [0.5, 0.6) is 0 Å². The average Bonchev–Trinajstić information content (AvgIpc) is 2.45. The summed E-state index contributed by atoms with van der Waals surface area (Å²) in [5, 5.41) is 3.12. The summed E-state index contributed by atoms with van der Waals surface area (Å²) in [6.45, 7) is 6.08. The third kappa shape index (κ3) is 4.05. The highest BCUT2D eigenvalue weighted by molar-refractivity contribution is 9.10. The van der Waals surface area contributed by atoms with E-state index in [0.29, 0.717) is 5.56 Å². The molecule has 0 saturated carbocycles. The molecule has 0 unspecified atom stereocenters. The lowest BCUT2D eigenvalue weighted by Crippen LogP contribution is -1.97. The van der Waals surface area contributed by atoms with Gasteiger partial charge in [0, 0.05) is 28.0 Å². The monoisotopic (exact) mass is 343 g/mol. The minimum atomic E-state index is -0.000524. The van der Waals surface area contributed by atoms with Crippen molar-refractivity contribution in [2.75, 3.05) is 5.32 Å². The molecule has 0 aliphatic carbocycles. The van der Waals surface area contributed by atoms with E-state index in [0.717, 1.165) is 21.3 Å². The van der Waals surface area contributed by atoms with Crippen molar-refractivity contribution in [1.29, 1.82) is 0 Å². The topological polar surface area (TPSA) is 29.1 Å². The van der Waals surface area contributed by atoms with Gasteiger partial charge >= 0.3 is 0 Å². The summed E-state index contributed by atoms with van der Waals surface area (Å²) in [5.74, 6) is -0.000524. The number of allylic oxidation sites excluding steroid dienone is 1. The lowest BCUT2D eigenvalue weighted by atomic mass is 10.0. The van der Waals surface area contributed by atoms with Crippen molar-refractivity contribution in [3.8, 4) is 0 Å². The van der Waals surface area contributed by atoms with Gasteiger partial charge in [-0.3, -0.25) is 4.79 Å². The van der Waals surface area contributed by atoms with E-state index in [1.54, 1.807) is 12.3 Å². The van der Waals surface area contributed by atoms with E-state index in [-0.39, 0.29) is 5.78 Å². The van der Waals surface area contributed by atoms with Gasteiger partial charge < -0.3 is 5.32 Å². The molecule has 2 aromatic rings. The van der Waals surface area contributed by atoms with Crippen LogP contribution >= 0.6 is 15.9 Å². The lowest BCUT2D eigenvalue weighted by molar-refractivity contribution is 0.104. The molecule has 2 rings (SSSR count). The van der Waals surface area contributed by atoms with Crippen LogP contribution in [0.2, 0.25) is 0 Å². The lowest BCUT2D eigenvalue weighted by Gasteiger charge is -2.04. The smallest absolute Gasteiger partial charge is 0.187 e. The molecule has 0 spiro atoms. The summed E-state index contributed by atoms with van der Waals surface area (Å²) in [4.78, 5) is 12.1. The molecule has 0 aliphatic heterocycles. The Morgan fingerprint density at radius 3 is 2.43 bits per heavy atom. The van der Waals surface area contributed by atoms with Gasteiger partial charge in [-0.1, -0.05) is 28.1 Å². The number of carbonyl (C=O) groups excluding carboxylic acids is 1. The molecule has 0 saturated heterocycles. The highest BCUT2D eigenvalue weighted by atomic mass is 79.9. The molecule has 0 aliphatic rings. The van der Waals surface area contributed by atoms with E-state index in [4.69, 9.17) is 0 Å². The first kappa shape index (κ1) is 15.5. The van der Waals surface area contributed by atoms with Crippen molar-refractivity contribution in [2.24, 2.45) is 0 Å². The van der Waals surface area contributed by atoms with Crippen LogP contribution in [0.1, 0.15) is 27.0 Å². The normalized spacial score (nSPS) is 10.9. The Morgan fingerprint density at radius 2 is 1.76 bits per heavy atom. The highest BCUT2D eigenvalue weighted by Gasteiger charge is 2.03. The van der Waals surface area contributed by atoms with E-state index in [9.17, 15) is 4.79 Å². The zero-order valence-electron chi connectivity index (χ0n) is 12.4. The van der Waals surface area contributed by atoms with Crippen molar-refractivity contribution in [3.63, 3.8) is 0 Å². The van der Waals surface area contributed by atoms with Crippen LogP contribution in [0.3, 0.4) is 0 Å². The number of rotatable bonds is 4. The molecule has 0 radical (unpaired) electrons. The Morgan fingerprint density at radius 1 is 1.00 bits per heavy atom. The number of hydrogen-bond acceptors (Lipinski definition) is 2. The van der Waals surface area contributed by atoms with Gasteiger partial charge in [-0.05, 0) is 61.7 Å². The second-order valence-electron chi connectivity index (χ2n) is 5.10. The SMILES string of the molecule is Cc1ccc(C(=O)/C=C/Nc2ccc(Br)c(C)c2)cc1C. The second kappa shape index (κ2) is 6.72. The Labute approximate surface area is 134 Å². The zero-order chi connectivity index (χ0) is 15.4. The fourth-order valence-corrected chi connectivity index (χ4v) is 2.19. The minimum absolute atomic E-state index is 0.000524. The molecule has 0 aromatic heterocycles. The van der Waals surface area contributed by atoms with Gasteiger partial charge in [-0.15, -0.1) is 0 Å². The number of anilines is 1. The summed E-state index contributed by atoms with van der Waals surface area (Å²) in [6.07, 6.45) is 3.24. The third-order valence-corrected chi connectivity index (χ3v) is 4.32. The van der Waals surface area contributed by atoms with E-state index >= 15 is 0 Å². The number of carbonyl (C=O) groups is 1. The fourth-order valence-electron chi connectivity index (χ4n) is 1.94. The molecule has 0 heterocycles. The quantitative estimate of drug-likeness (QED) is 0.611. The molecule has 0 bridgehead atoms. The Kier molecular flexibility index (Phi) is 4.97. The summed E-state index contributed by atoms with van der Waals surface area (Å²) >= 11 is 3.46. The maximum Gasteiger partial charge on any atom is 0.187 e. The highest BCUT2D eigenvalue weighted by Crippen LogP contribution is 2.20. The summed E-state index contributed by atoms with van der Waals surface area (Å²) in [6, 6.07) is 11.7. The van der Waals surface area contributed by atoms with Crippen LogP contribution in [-0.4, -0.2) is 5.78 Å². The van der Waals surface area contributed by atoms with E-state index < -0.39 is 0 Å². The minimum Gasteiger partial charge on any atom is -0.362 e. The molecular weight excluding hydrogens is 326 g/mol. The molecular formula is C18H18BrNO. The number of ketones is 1. The second-order valence-corrected chi connectivity index (χ2v) is 5.96. The molecule has 2 aromatic carbocycles. The van der Waals surface area contributed by atoms with Crippen molar-refractivity contribution in [2.45, 2.75) is 20.8 Å². The summed E-state index contributed by atoms with van der Waals surface area (Å²) in [7, 11) is 0. The van der Waals surface area contributed by atoms with Crippen molar-refractivity contribution in [3.05, 3.63) is 75.4 Å². The number of nitrogens with one attached hydrogen (secondary N) is 1. The van der Waals surface area contributed by atoms with Gasteiger partial charge in [-0.2, -0.15) is 0 Å². The molecule has 21 heavy (non-hydrogen) atoms. The van der Waals surface area contributed by atoms with Crippen LogP contribution in [0.25, 0.3) is 0 Å². The van der Waals surface area contributed by atoms with Crippen molar-refractivity contribution in [1.82, 2.24) is 0 Å². The summed E-state index contributed by atoms with van der Waals surface area (Å²) in [5.41, 5.74) is 5.14. The predicted molar refractivity (Wildman–Crippen MR) is 91.9 cm³/mol. The molecule has 1 N–H and O–H groups in total. The van der Waals surface area contributed by atoms with Crippen molar-refractivity contribution < 1.29 is 4.79 Å². The van der Waals surface area contributed by atoms with E-state index in [1.165, 1.54) is 5.56 Å². The molecule has 0 fully saturated rings. The maximum absolute atomic E-state index is 12.1. The van der Waals surface area contributed by atoms with Crippen LogP contribution in [0, 0.1) is 20.8 Å². The standard InChI is InChI=1S/C18H18BrNO/c1-12-4-5-15(10-13(12)2)18(21)8-9-20-16-6-7-17(19)14(3)11-16/h4-11,20H,1-3H3/b9-8+.